The minimum Gasteiger partial charge on any atom is -0.465 e. The smallest absolute Gasteiger partial charge is 0.339 e. The Labute approximate surface area is 86.9 Å². The quantitative estimate of drug-likeness (QED) is 0.766. The van der Waals surface area contributed by atoms with Gasteiger partial charge in [-0.05, 0) is 25.1 Å². The van der Waals surface area contributed by atoms with Crippen LogP contribution < -0.4 is 0 Å². The first kappa shape index (κ1) is 9.58. The van der Waals surface area contributed by atoms with E-state index in [9.17, 15) is 4.79 Å². The van der Waals surface area contributed by atoms with Crippen LogP contribution in [0.5, 0.6) is 0 Å². The van der Waals surface area contributed by atoms with Gasteiger partial charge in [0.1, 0.15) is 5.76 Å². The molecular formula is C11H11NO3. The van der Waals surface area contributed by atoms with Crippen LogP contribution >= 0.6 is 0 Å². The van der Waals surface area contributed by atoms with Gasteiger partial charge in [-0.3, -0.25) is 0 Å². The van der Waals surface area contributed by atoms with E-state index in [1.54, 1.807) is 18.4 Å². The van der Waals surface area contributed by atoms with Crippen molar-refractivity contribution in [3.05, 3.63) is 35.7 Å². The molecule has 0 radical (unpaired) electrons. The van der Waals surface area contributed by atoms with Gasteiger partial charge >= 0.3 is 5.97 Å². The number of carbonyl (C=O) groups excluding carboxylic acids is 1. The van der Waals surface area contributed by atoms with Crippen molar-refractivity contribution in [2.24, 2.45) is 0 Å². The van der Waals surface area contributed by atoms with Gasteiger partial charge in [-0.15, -0.1) is 0 Å². The molecule has 0 atom stereocenters. The minimum atomic E-state index is -0.346. The Morgan fingerprint density at radius 3 is 2.93 bits per heavy atom. The number of hydrogen-bond donors (Lipinski definition) is 1. The highest BCUT2D eigenvalue weighted by Crippen LogP contribution is 2.22. The van der Waals surface area contributed by atoms with Crippen molar-refractivity contribution >= 4 is 5.97 Å². The summed E-state index contributed by atoms with van der Waals surface area (Å²) in [5, 5.41) is 0. The second-order valence-electron chi connectivity index (χ2n) is 3.19. The van der Waals surface area contributed by atoms with Gasteiger partial charge in [-0.2, -0.15) is 0 Å². The van der Waals surface area contributed by atoms with Gasteiger partial charge in [0.05, 0.1) is 24.6 Å². The molecule has 0 aromatic carbocycles. The zero-order valence-electron chi connectivity index (χ0n) is 8.53. The molecule has 2 heterocycles. The highest BCUT2D eigenvalue weighted by atomic mass is 16.5. The molecule has 1 N–H and O–H groups in total. The molecule has 0 saturated heterocycles. The number of aryl methyl sites for hydroxylation is 1. The van der Waals surface area contributed by atoms with Crippen LogP contribution in [0.25, 0.3) is 11.5 Å². The first-order valence-electron chi connectivity index (χ1n) is 4.54. The standard InChI is InChI=1S/C11H11NO3/c1-7-8(11(13)14-2)6-9(12-7)10-4-3-5-15-10/h3-6,12H,1-2H3. The third-order valence-electron chi connectivity index (χ3n) is 2.21. The van der Waals surface area contributed by atoms with Crippen molar-refractivity contribution in [1.29, 1.82) is 0 Å². The zero-order chi connectivity index (χ0) is 10.8. The highest BCUT2D eigenvalue weighted by molar-refractivity contribution is 5.92. The first-order chi connectivity index (χ1) is 7.22. The normalized spacial score (nSPS) is 10.3. The molecule has 2 aromatic rings. The summed E-state index contributed by atoms with van der Waals surface area (Å²) in [4.78, 5) is 14.4. The fourth-order valence-corrected chi connectivity index (χ4v) is 1.44. The number of H-pyrrole nitrogens is 1. The molecule has 2 aromatic heterocycles. The second-order valence-corrected chi connectivity index (χ2v) is 3.19. The molecule has 0 saturated carbocycles. The monoisotopic (exact) mass is 205 g/mol. The average molecular weight is 205 g/mol. The number of carbonyl (C=O) groups is 1. The van der Waals surface area contributed by atoms with E-state index in [-0.39, 0.29) is 5.97 Å². The summed E-state index contributed by atoms with van der Waals surface area (Å²) in [6.07, 6.45) is 1.59. The molecule has 0 aliphatic rings. The van der Waals surface area contributed by atoms with E-state index < -0.39 is 0 Å². The van der Waals surface area contributed by atoms with Crippen molar-refractivity contribution in [2.45, 2.75) is 6.92 Å². The SMILES string of the molecule is COC(=O)c1cc(-c2ccco2)[nH]c1C. The first-order valence-corrected chi connectivity index (χ1v) is 4.54. The Balaban J connectivity index is 2.41. The number of hydrogen-bond acceptors (Lipinski definition) is 3. The number of rotatable bonds is 2. The van der Waals surface area contributed by atoms with Crippen molar-refractivity contribution in [2.75, 3.05) is 7.11 Å². The molecule has 0 bridgehead atoms. The van der Waals surface area contributed by atoms with E-state index in [1.807, 2.05) is 13.0 Å². The predicted molar refractivity (Wildman–Crippen MR) is 54.6 cm³/mol. The van der Waals surface area contributed by atoms with Crippen molar-refractivity contribution in [1.82, 2.24) is 4.98 Å². The predicted octanol–water partition coefficient (Wildman–Crippen LogP) is 2.37. The highest BCUT2D eigenvalue weighted by Gasteiger charge is 2.14. The van der Waals surface area contributed by atoms with Gasteiger partial charge in [0.25, 0.3) is 0 Å². The molecule has 78 valence electrons. The summed E-state index contributed by atoms with van der Waals surface area (Å²) in [7, 11) is 1.36. The van der Waals surface area contributed by atoms with Crippen molar-refractivity contribution in [3.63, 3.8) is 0 Å². The maximum Gasteiger partial charge on any atom is 0.339 e. The Bertz CT molecular complexity index is 468. The summed E-state index contributed by atoms with van der Waals surface area (Å²) in [5.74, 6) is 0.356. The topological polar surface area (TPSA) is 55.2 Å². The molecular weight excluding hydrogens is 194 g/mol. The van der Waals surface area contributed by atoms with E-state index in [0.29, 0.717) is 11.3 Å². The molecule has 0 spiro atoms. The van der Waals surface area contributed by atoms with E-state index in [1.165, 1.54) is 7.11 Å². The summed E-state index contributed by atoms with van der Waals surface area (Å²) in [5.41, 5.74) is 2.08. The molecule has 4 heteroatoms. The second kappa shape index (κ2) is 3.65. The minimum absolute atomic E-state index is 0.346. The Morgan fingerprint density at radius 2 is 2.33 bits per heavy atom. The van der Waals surface area contributed by atoms with E-state index >= 15 is 0 Å². The lowest BCUT2D eigenvalue weighted by atomic mass is 10.2. The molecule has 0 fully saturated rings. The van der Waals surface area contributed by atoms with Gasteiger partial charge in [-0.1, -0.05) is 0 Å². The molecule has 0 unspecified atom stereocenters. The van der Waals surface area contributed by atoms with Crippen LogP contribution in [-0.4, -0.2) is 18.1 Å². The summed E-state index contributed by atoms with van der Waals surface area (Å²) in [6, 6.07) is 5.34. The molecule has 4 nitrogen and oxygen atoms in total. The number of aromatic amines is 1. The molecule has 15 heavy (non-hydrogen) atoms. The zero-order valence-corrected chi connectivity index (χ0v) is 8.53. The van der Waals surface area contributed by atoms with Crippen LogP contribution in [0.2, 0.25) is 0 Å². The number of aromatic nitrogens is 1. The third kappa shape index (κ3) is 1.66. The summed E-state index contributed by atoms with van der Waals surface area (Å²) >= 11 is 0. The fraction of sp³-hybridized carbons (Fsp3) is 0.182. The lowest BCUT2D eigenvalue weighted by Crippen LogP contribution is -2.00. The number of furan rings is 1. The fourth-order valence-electron chi connectivity index (χ4n) is 1.44. The van der Waals surface area contributed by atoms with Crippen LogP contribution in [-0.2, 0) is 4.74 Å². The van der Waals surface area contributed by atoms with E-state index in [2.05, 4.69) is 9.72 Å². The van der Waals surface area contributed by atoms with Gasteiger partial charge in [-0.25, -0.2) is 4.79 Å². The molecule has 0 aliphatic carbocycles. The summed E-state index contributed by atoms with van der Waals surface area (Å²) in [6.45, 7) is 1.82. The molecule has 0 amide bonds. The number of methoxy groups -OCH3 is 1. The van der Waals surface area contributed by atoms with Gasteiger partial charge < -0.3 is 14.1 Å². The van der Waals surface area contributed by atoms with Crippen molar-refractivity contribution < 1.29 is 13.9 Å². The number of esters is 1. The number of ether oxygens (including phenoxy) is 1. The molecule has 0 aliphatic heterocycles. The van der Waals surface area contributed by atoms with Crippen LogP contribution in [0.15, 0.2) is 28.9 Å². The third-order valence-corrected chi connectivity index (χ3v) is 2.21. The summed E-state index contributed by atoms with van der Waals surface area (Å²) < 4.78 is 9.88. The van der Waals surface area contributed by atoms with Crippen LogP contribution in [0.1, 0.15) is 16.1 Å². The van der Waals surface area contributed by atoms with Gasteiger partial charge in [0, 0.05) is 5.69 Å². The molecule has 2 rings (SSSR count). The van der Waals surface area contributed by atoms with Gasteiger partial charge in [0.15, 0.2) is 0 Å². The van der Waals surface area contributed by atoms with E-state index in [4.69, 9.17) is 4.42 Å². The van der Waals surface area contributed by atoms with Crippen molar-refractivity contribution in [3.8, 4) is 11.5 Å². The Hall–Kier alpha value is -1.97. The Kier molecular flexibility index (Phi) is 2.33. The van der Waals surface area contributed by atoms with Crippen LogP contribution in [0, 0.1) is 6.92 Å². The Morgan fingerprint density at radius 1 is 1.53 bits per heavy atom. The lowest BCUT2D eigenvalue weighted by molar-refractivity contribution is 0.0600. The number of nitrogens with one attached hydrogen (secondary N) is 1. The van der Waals surface area contributed by atoms with Crippen LogP contribution in [0.3, 0.4) is 0 Å². The largest absolute Gasteiger partial charge is 0.465 e. The lowest BCUT2D eigenvalue weighted by Gasteiger charge is -1.94. The maximum absolute atomic E-state index is 11.3. The van der Waals surface area contributed by atoms with E-state index in [0.717, 1.165) is 11.4 Å². The van der Waals surface area contributed by atoms with Gasteiger partial charge in [0.2, 0.25) is 0 Å². The average Bonchev–Trinajstić information content (AvgIpc) is 2.84. The maximum atomic E-state index is 11.3. The van der Waals surface area contributed by atoms with Crippen LogP contribution in [0.4, 0.5) is 0 Å².